The van der Waals surface area contributed by atoms with Crippen molar-refractivity contribution in [3.8, 4) is 16.9 Å². The molecule has 0 aromatic heterocycles. The summed E-state index contributed by atoms with van der Waals surface area (Å²) >= 11 is 1.89. The predicted molar refractivity (Wildman–Crippen MR) is 167 cm³/mol. The first-order chi connectivity index (χ1) is 19.2. The third-order valence-corrected chi connectivity index (χ3v) is 8.17. The number of fused-ring (bicyclic) bond motifs is 1. The molecule has 5 rings (SSSR count). The molecule has 0 aliphatic carbocycles. The van der Waals surface area contributed by atoms with Gasteiger partial charge in [0.2, 0.25) is 0 Å². The Labute approximate surface area is 240 Å². The second-order valence-corrected chi connectivity index (χ2v) is 12.2. The Bertz CT molecular complexity index is 1540. The van der Waals surface area contributed by atoms with Crippen LogP contribution in [0.15, 0.2) is 78.9 Å². The van der Waals surface area contributed by atoms with Crippen molar-refractivity contribution >= 4 is 45.8 Å². The number of nitrogens with one attached hydrogen (secondary N) is 2. The first kappa shape index (κ1) is 27.6. The lowest BCUT2D eigenvalue weighted by Gasteiger charge is -2.26. The van der Waals surface area contributed by atoms with Crippen LogP contribution in [-0.4, -0.2) is 48.5 Å². The molecule has 3 amide bonds. The maximum absolute atomic E-state index is 13.1. The smallest absolute Gasteiger partial charge is 0.323 e. The van der Waals surface area contributed by atoms with Gasteiger partial charge in [0, 0.05) is 35.5 Å². The van der Waals surface area contributed by atoms with Gasteiger partial charge in [0.15, 0.2) is 0 Å². The molecule has 0 saturated carbocycles. The first-order valence-electron chi connectivity index (χ1n) is 13.5. The van der Waals surface area contributed by atoms with E-state index in [4.69, 9.17) is 4.74 Å². The number of rotatable bonds is 5. The van der Waals surface area contributed by atoms with Crippen LogP contribution in [0.25, 0.3) is 21.9 Å². The number of carbonyl (C=O) groups is 2. The van der Waals surface area contributed by atoms with E-state index in [0.29, 0.717) is 22.7 Å². The number of amides is 3. The van der Waals surface area contributed by atoms with Gasteiger partial charge in [-0.25, -0.2) is 4.79 Å². The molecular weight excluding hydrogens is 518 g/mol. The Balaban J connectivity index is 1.38. The summed E-state index contributed by atoms with van der Waals surface area (Å²) in [4.78, 5) is 28.0. The van der Waals surface area contributed by atoms with Crippen LogP contribution in [0, 0.1) is 0 Å². The Morgan fingerprint density at radius 3 is 2.17 bits per heavy atom. The predicted octanol–water partition coefficient (Wildman–Crippen LogP) is 7.65. The van der Waals surface area contributed by atoms with Crippen molar-refractivity contribution in [1.29, 1.82) is 0 Å². The van der Waals surface area contributed by atoms with Gasteiger partial charge in [0.05, 0.1) is 18.5 Å². The monoisotopic (exact) mass is 553 g/mol. The van der Waals surface area contributed by atoms with E-state index in [-0.39, 0.29) is 17.4 Å². The zero-order valence-electron chi connectivity index (χ0n) is 23.4. The van der Waals surface area contributed by atoms with E-state index in [1.165, 1.54) is 0 Å². The van der Waals surface area contributed by atoms with Crippen LogP contribution >= 0.6 is 11.8 Å². The quantitative estimate of drug-likeness (QED) is 0.266. The molecule has 1 aliphatic rings. The van der Waals surface area contributed by atoms with Gasteiger partial charge < -0.3 is 20.3 Å². The summed E-state index contributed by atoms with van der Waals surface area (Å²) < 4.78 is 5.49. The summed E-state index contributed by atoms with van der Waals surface area (Å²) in [6.07, 6.45) is 0. The SMILES string of the molecule is COc1ccc(C(C)(C)C)cc1NC(=O)Nc1ccc(-c2ccc(C(=O)N3CCSCC3)cc2)c2ccccc12. The van der Waals surface area contributed by atoms with E-state index >= 15 is 0 Å². The fraction of sp³-hybridized carbons (Fsp3) is 0.273. The molecule has 6 nitrogen and oxygen atoms in total. The minimum atomic E-state index is -0.346. The van der Waals surface area contributed by atoms with Crippen LogP contribution in [0.2, 0.25) is 0 Å². The normalized spacial score (nSPS) is 13.7. The average molecular weight is 554 g/mol. The van der Waals surface area contributed by atoms with E-state index in [0.717, 1.165) is 52.1 Å². The van der Waals surface area contributed by atoms with Crippen molar-refractivity contribution in [2.75, 3.05) is 42.3 Å². The second-order valence-electron chi connectivity index (χ2n) is 10.9. The number of ether oxygens (including phenoxy) is 1. The van der Waals surface area contributed by atoms with E-state index in [1.807, 2.05) is 95.5 Å². The molecule has 0 radical (unpaired) electrons. The lowest BCUT2D eigenvalue weighted by molar-refractivity contribution is 0.0772. The Kier molecular flexibility index (Phi) is 8.03. The highest BCUT2D eigenvalue weighted by atomic mass is 32.2. The number of methoxy groups -OCH3 is 1. The summed E-state index contributed by atoms with van der Waals surface area (Å²) in [5.41, 5.74) is 5.12. The van der Waals surface area contributed by atoms with E-state index in [1.54, 1.807) is 7.11 Å². The van der Waals surface area contributed by atoms with Crippen LogP contribution in [0.1, 0.15) is 36.7 Å². The van der Waals surface area contributed by atoms with Crippen molar-refractivity contribution in [1.82, 2.24) is 4.90 Å². The van der Waals surface area contributed by atoms with E-state index in [2.05, 4.69) is 31.4 Å². The second kappa shape index (κ2) is 11.6. The van der Waals surface area contributed by atoms with Gasteiger partial charge in [-0.3, -0.25) is 4.79 Å². The molecule has 4 aromatic carbocycles. The van der Waals surface area contributed by atoms with E-state index in [9.17, 15) is 9.59 Å². The fourth-order valence-electron chi connectivity index (χ4n) is 4.95. The molecule has 0 unspecified atom stereocenters. The zero-order chi connectivity index (χ0) is 28.3. The van der Waals surface area contributed by atoms with Gasteiger partial charge >= 0.3 is 6.03 Å². The zero-order valence-corrected chi connectivity index (χ0v) is 24.2. The molecule has 1 aliphatic heterocycles. The third kappa shape index (κ3) is 5.94. The van der Waals surface area contributed by atoms with Crippen molar-refractivity contribution in [2.24, 2.45) is 0 Å². The molecule has 206 valence electrons. The molecule has 4 aromatic rings. The van der Waals surface area contributed by atoms with Gasteiger partial charge in [-0.2, -0.15) is 11.8 Å². The molecular formula is C33H35N3O3S. The van der Waals surface area contributed by atoms with Gasteiger partial charge in [0.25, 0.3) is 5.91 Å². The van der Waals surface area contributed by atoms with Crippen molar-refractivity contribution in [2.45, 2.75) is 26.2 Å². The Morgan fingerprint density at radius 1 is 0.825 bits per heavy atom. The standard InChI is InChI=1S/C33H35N3O3S/c1-33(2,3)24-13-16-30(39-4)29(21-24)35-32(38)34-28-15-14-25(26-7-5-6-8-27(26)28)22-9-11-23(12-10-22)31(37)36-17-19-40-20-18-36/h5-16,21H,17-20H2,1-4H3,(H2,34,35,38). The molecule has 1 fully saturated rings. The molecule has 7 heteroatoms. The third-order valence-electron chi connectivity index (χ3n) is 7.23. The van der Waals surface area contributed by atoms with E-state index < -0.39 is 0 Å². The number of benzene rings is 4. The minimum absolute atomic E-state index is 0.0661. The first-order valence-corrected chi connectivity index (χ1v) is 14.7. The molecule has 1 saturated heterocycles. The molecule has 0 atom stereocenters. The van der Waals surface area contributed by atoms with Crippen LogP contribution in [0.3, 0.4) is 0 Å². The summed E-state index contributed by atoms with van der Waals surface area (Å²) in [5.74, 6) is 2.67. The topological polar surface area (TPSA) is 70.7 Å². The maximum atomic E-state index is 13.1. The molecule has 2 N–H and O–H groups in total. The highest BCUT2D eigenvalue weighted by Gasteiger charge is 2.20. The Morgan fingerprint density at radius 2 is 1.50 bits per heavy atom. The minimum Gasteiger partial charge on any atom is -0.495 e. The average Bonchev–Trinajstić information content (AvgIpc) is 2.97. The van der Waals surface area contributed by atoms with Gasteiger partial charge in [-0.15, -0.1) is 0 Å². The number of urea groups is 1. The molecule has 1 heterocycles. The van der Waals surface area contributed by atoms with Gasteiger partial charge in [-0.1, -0.05) is 69.3 Å². The highest BCUT2D eigenvalue weighted by molar-refractivity contribution is 7.99. The number of carbonyl (C=O) groups excluding carboxylic acids is 2. The Hall–Kier alpha value is -3.97. The summed E-state index contributed by atoms with van der Waals surface area (Å²) in [7, 11) is 1.59. The fourth-order valence-corrected chi connectivity index (χ4v) is 5.85. The summed E-state index contributed by atoms with van der Waals surface area (Å²) in [6, 6.07) is 25.3. The number of thioether (sulfide) groups is 1. The molecule has 0 bridgehead atoms. The van der Waals surface area contributed by atoms with Crippen molar-refractivity contribution < 1.29 is 14.3 Å². The lowest BCUT2D eigenvalue weighted by atomic mass is 9.87. The van der Waals surface area contributed by atoms with Crippen LogP contribution in [0.5, 0.6) is 5.75 Å². The highest BCUT2D eigenvalue weighted by Crippen LogP contribution is 2.35. The van der Waals surface area contributed by atoms with Gasteiger partial charge in [-0.05, 0) is 57.8 Å². The summed E-state index contributed by atoms with van der Waals surface area (Å²) in [5, 5.41) is 7.93. The number of hydrogen-bond acceptors (Lipinski definition) is 4. The van der Waals surface area contributed by atoms with Crippen LogP contribution < -0.4 is 15.4 Å². The van der Waals surface area contributed by atoms with Crippen molar-refractivity contribution in [3.63, 3.8) is 0 Å². The summed E-state index contributed by atoms with van der Waals surface area (Å²) in [6.45, 7) is 7.99. The maximum Gasteiger partial charge on any atom is 0.323 e. The largest absolute Gasteiger partial charge is 0.495 e. The lowest BCUT2D eigenvalue weighted by Crippen LogP contribution is -2.37. The van der Waals surface area contributed by atoms with Crippen LogP contribution in [-0.2, 0) is 5.41 Å². The van der Waals surface area contributed by atoms with Gasteiger partial charge in [0.1, 0.15) is 5.75 Å². The van der Waals surface area contributed by atoms with Crippen LogP contribution in [0.4, 0.5) is 16.2 Å². The molecule has 0 spiro atoms. The number of anilines is 2. The van der Waals surface area contributed by atoms with Crippen molar-refractivity contribution in [3.05, 3.63) is 90.0 Å². The number of nitrogens with zero attached hydrogens (tertiary/aromatic N) is 1. The molecule has 40 heavy (non-hydrogen) atoms. The number of hydrogen-bond donors (Lipinski definition) is 2.